The summed E-state index contributed by atoms with van der Waals surface area (Å²) in [6.07, 6.45) is 10.9. The van der Waals surface area contributed by atoms with Gasteiger partial charge in [-0.1, -0.05) is 151 Å². The maximum atomic E-state index is 14.7. The van der Waals surface area contributed by atoms with Crippen LogP contribution in [0, 0.1) is 5.92 Å². The molecule has 4 aliphatic rings. The maximum absolute atomic E-state index is 14.7. The lowest BCUT2D eigenvalue weighted by Crippen LogP contribution is -2.66. The summed E-state index contributed by atoms with van der Waals surface area (Å²) in [6, 6.07) is 15.7. The summed E-state index contributed by atoms with van der Waals surface area (Å²) >= 11 is 0. The van der Waals surface area contributed by atoms with Crippen molar-refractivity contribution in [3.8, 4) is 0 Å². The lowest BCUT2D eigenvalue weighted by molar-refractivity contribution is -0.153. The van der Waals surface area contributed by atoms with Crippen LogP contribution in [-0.2, 0) is 60.7 Å². The van der Waals surface area contributed by atoms with E-state index in [0.717, 1.165) is 62.5 Å². The summed E-state index contributed by atoms with van der Waals surface area (Å²) in [5, 5.41) is 16.5. The molecule has 0 spiro atoms. The molecular formula is C78H119N9O17. The van der Waals surface area contributed by atoms with Crippen molar-refractivity contribution in [2.24, 2.45) is 20.9 Å². The van der Waals surface area contributed by atoms with Gasteiger partial charge in [0.15, 0.2) is 0 Å². The van der Waals surface area contributed by atoms with Crippen LogP contribution in [0.25, 0.3) is 0 Å². The summed E-state index contributed by atoms with van der Waals surface area (Å²) in [5.74, 6) is -2.19. The molecule has 578 valence electrons. The molecule has 0 radical (unpaired) electrons. The molecule has 4 heterocycles. The first kappa shape index (κ1) is 84.6. The molecule has 3 N–H and O–H groups in total. The molecule has 104 heavy (non-hydrogen) atoms. The Balaban J connectivity index is 1.13. The molecule has 6 atom stereocenters. The van der Waals surface area contributed by atoms with Crippen LogP contribution in [0.1, 0.15) is 256 Å². The Kier molecular flexibility index (Phi) is 33.2. The molecule has 3 saturated heterocycles. The van der Waals surface area contributed by atoms with E-state index >= 15 is 0 Å². The fourth-order valence-electron chi connectivity index (χ4n) is 13.1. The van der Waals surface area contributed by atoms with Crippen LogP contribution < -0.4 is 10.6 Å². The third kappa shape index (κ3) is 28.6. The second-order valence-corrected chi connectivity index (χ2v) is 31.3. The average Bonchev–Trinajstić information content (AvgIpc) is 1.45. The van der Waals surface area contributed by atoms with Gasteiger partial charge in [0.05, 0.1) is 42.9 Å². The Hall–Kier alpha value is -8.29. The number of fused-ring (bicyclic) bond motifs is 2. The molecule has 26 nitrogen and oxygen atoms in total. The highest BCUT2D eigenvalue weighted by atomic mass is 16.6. The van der Waals surface area contributed by atoms with Crippen molar-refractivity contribution >= 4 is 66.4 Å². The van der Waals surface area contributed by atoms with E-state index in [9.17, 15) is 43.5 Å². The number of hydrogen-bond acceptors (Lipinski definition) is 18. The van der Waals surface area contributed by atoms with Gasteiger partial charge in [-0.15, -0.1) is 9.98 Å². The predicted molar refractivity (Wildman–Crippen MR) is 395 cm³/mol. The first-order valence-corrected chi connectivity index (χ1v) is 37.7. The van der Waals surface area contributed by atoms with Gasteiger partial charge in [-0.05, 0) is 165 Å². The van der Waals surface area contributed by atoms with E-state index in [0.29, 0.717) is 82.9 Å². The van der Waals surface area contributed by atoms with E-state index in [-0.39, 0.29) is 68.9 Å². The minimum atomic E-state index is -0.979. The molecule has 3 fully saturated rings. The lowest BCUT2D eigenvalue weighted by Gasteiger charge is -2.48. The molecule has 6 rings (SSSR count). The quantitative estimate of drug-likeness (QED) is 0.0208. The van der Waals surface area contributed by atoms with E-state index in [1.165, 1.54) is 29.1 Å². The third-order valence-electron chi connectivity index (χ3n) is 17.7. The van der Waals surface area contributed by atoms with Crippen LogP contribution in [0.15, 0.2) is 86.9 Å². The fourth-order valence-corrected chi connectivity index (χ4v) is 13.1. The van der Waals surface area contributed by atoms with Crippen molar-refractivity contribution in [2.75, 3.05) is 26.3 Å². The number of guanidine groups is 3. The fraction of sp³-hybridized carbons (Fsp3) is 0.679. The van der Waals surface area contributed by atoms with Gasteiger partial charge in [0.2, 0.25) is 17.9 Å². The standard InChI is InChI=1S/C78H119N9O17/c1-15-16-17-18-20-23-32-42-58(88)51-57-45-46-61-62(54(2)85(73(95)100-53-56-40-30-27-31-41-56)68(86(57)61)83-69(91)99-52-55-38-28-26-29-39-55)64(89)97-49-35-25-22-19-21-24-33-43-60-63(59-44-37-48-84(59)67(82-72(94)103-77(9,10)11)87(60)74(96)104-78(12,13)14)65(90)98-50-36-34-47-79-66(80-70(92)101-75(3,4)5)81-71(93)102-76(6,7)8/h26-31,38-41,54,57-58,60-62,88H,15-25,32-37,42-53H2,1-14H3,(H2,79,80,81,92,93)/b82-67+,83-68-/t54-,57+,58+,60-,61+,62+/m1/s1. The molecule has 2 aromatic rings. The second-order valence-electron chi connectivity index (χ2n) is 31.3. The number of aliphatic hydroxyl groups is 1. The van der Waals surface area contributed by atoms with Crippen LogP contribution in [0.5, 0.6) is 0 Å². The second kappa shape index (κ2) is 40.8. The Morgan fingerprint density at radius 1 is 0.567 bits per heavy atom. The minimum Gasteiger partial charge on any atom is -0.465 e. The van der Waals surface area contributed by atoms with Crippen molar-refractivity contribution in [3.63, 3.8) is 0 Å². The van der Waals surface area contributed by atoms with Crippen molar-refractivity contribution in [2.45, 2.75) is 311 Å². The normalized spacial score (nSPS) is 19.4. The molecule has 4 aliphatic heterocycles. The number of carbonyl (C=O) groups excluding carboxylic acids is 8. The van der Waals surface area contributed by atoms with E-state index in [1.807, 2.05) is 65.6 Å². The highest BCUT2D eigenvalue weighted by Gasteiger charge is 2.55. The van der Waals surface area contributed by atoms with E-state index < -0.39 is 101 Å². The Labute approximate surface area is 616 Å². The van der Waals surface area contributed by atoms with Crippen molar-refractivity contribution in [3.05, 3.63) is 83.1 Å². The van der Waals surface area contributed by atoms with E-state index in [4.69, 9.17) is 37.9 Å². The molecule has 0 aromatic heterocycles. The smallest absolute Gasteiger partial charge is 0.437 e. The number of esters is 2. The summed E-state index contributed by atoms with van der Waals surface area (Å²) in [6.45, 7) is 24.8. The Morgan fingerprint density at radius 2 is 1.10 bits per heavy atom. The molecule has 2 aromatic carbocycles. The molecule has 26 heteroatoms. The van der Waals surface area contributed by atoms with E-state index in [2.05, 4.69) is 32.5 Å². The molecule has 0 aliphatic carbocycles. The highest BCUT2D eigenvalue weighted by Crippen LogP contribution is 2.42. The number of aliphatic hydroxyl groups excluding tert-OH is 1. The van der Waals surface area contributed by atoms with Crippen LogP contribution in [0.2, 0.25) is 0 Å². The van der Waals surface area contributed by atoms with Gasteiger partial charge in [0, 0.05) is 30.9 Å². The summed E-state index contributed by atoms with van der Waals surface area (Å²) < 4.78 is 46.2. The van der Waals surface area contributed by atoms with Crippen molar-refractivity contribution < 1.29 is 81.4 Å². The Bertz CT molecular complexity index is 3230. The number of nitrogens with one attached hydrogen (secondary N) is 2. The number of aliphatic imine (C=N–C) groups is 3. The molecule has 6 amide bonds. The van der Waals surface area contributed by atoms with Gasteiger partial charge >= 0.3 is 48.5 Å². The van der Waals surface area contributed by atoms with Gasteiger partial charge in [-0.25, -0.2) is 43.4 Å². The number of ether oxygens (including phenoxy) is 8. The van der Waals surface area contributed by atoms with Crippen molar-refractivity contribution in [1.82, 2.24) is 30.2 Å². The summed E-state index contributed by atoms with van der Waals surface area (Å²) in [7, 11) is 0. The number of carbonyl (C=O) groups is 8. The first-order chi connectivity index (χ1) is 49.2. The zero-order valence-electron chi connectivity index (χ0n) is 64.4. The van der Waals surface area contributed by atoms with Crippen molar-refractivity contribution in [1.29, 1.82) is 0 Å². The summed E-state index contributed by atoms with van der Waals surface area (Å²) in [5.41, 5.74) is -1.21. The molecule has 0 unspecified atom stereocenters. The van der Waals surface area contributed by atoms with Gasteiger partial charge in [-0.2, -0.15) is 0 Å². The zero-order valence-corrected chi connectivity index (χ0v) is 64.4. The number of allylic oxidation sites excluding steroid dienone is 1. The van der Waals surface area contributed by atoms with Crippen LogP contribution in [0.3, 0.4) is 0 Å². The molecule has 0 bridgehead atoms. The highest BCUT2D eigenvalue weighted by molar-refractivity contribution is 6.05. The number of nitrogens with zero attached hydrogens (tertiary/aromatic N) is 7. The van der Waals surface area contributed by atoms with E-state index in [1.54, 1.807) is 94.9 Å². The monoisotopic (exact) mass is 1450 g/mol. The maximum Gasteiger partial charge on any atom is 0.437 e. The van der Waals surface area contributed by atoms with Gasteiger partial charge < -0.3 is 52.8 Å². The number of alkyl carbamates (subject to hydrolysis) is 2. The number of rotatable bonds is 31. The van der Waals surface area contributed by atoms with Gasteiger partial charge in [0.25, 0.3) is 0 Å². The van der Waals surface area contributed by atoms with Crippen LogP contribution in [-0.4, -0.2) is 170 Å². The third-order valence-corrected chi connectivity index (χ3v) is 17.7. The van der Waals surface area contributed by atoms with Crippen LogP contribution >= 0.6 is 0 Å². The van der Waals surface area contributed by atoms with Gasteiger partial charge in [-0.3, -0.25) is 20.4 Å². The predicted octanol–water partition coefficient (Wildman–Crippen LogP) is 15.7. The molecular weight excluding hydrogens is 1330 g/mol. The first-order valence-electron chi connectivity index (χ1n) is 37.7. The van der Waals surface area contributed by atoms with Gasteiger partial charge in [0.1, 0.15) is 35.6 Å². The SMILES string of the molecule is CCCCCCCCC[C@H](O)C[C@@H]1CC[C@H]2[C@@H](C(=O)OCCCCCCCCC[C@@H]3C(C(=O)OCCCCN=C(NC(=O)OC(C)(C)C)NC(=O)OC(C)(C)C)=C4CCCN4/C(=N\C(=O)OC(C)(C)C)N3C(=O)OC(C)(C)C)[C@@H](C)N(C(=O)OCc3ccccc3)/C(=N/C(=O)OCc3ccccc3)N12. The number of hydrogen-bond donors (Lipinski definition) is 3. The number of unbranched alkanes of at least 4 members (excludes halogenated alkanes) is 13. The number of benzene rings is 2. The largest absolute Gasteiger partial charge is 0.465 e. The summed E-state index contributed by atoms with van der Waals surface area (Å²) in [4.78, 5) is 131. The Morgan fingerprint density at radius 3 is 1.68 bits per heavy atom. The zero-order chi connectivity index (χ0) is 76.2. The molecule has 0 saturated carbocycles. The lowest BCUT2D eigenvalue weighted by atomic mass is 9.88. The average molecular weight is 1450 g/mol. The minimum absolute atomic E-state index is 0.00204. The topological polar surface area (TPSA) is 305 Å². The van der Waals surface area contributed by atoms with Crippen LogP contribution in [0.4, 0.5) is 28.8 Å². The number of amides is 6.